The van der Waals surface area contributed by atoms with Crippen molar-refractivity contribution < 1.29 is 18.8 Å². The van der Waals surface area contributed by atoms with E-state index in [2.05, 4.69) is 70.4 Å². The minimum atomic E-state index is -0.516. The molecule has 2 aromatic carbocycles. The van der Waals surface area contributed by atoms with Gasteiger partial charge in [-0.05, 0) is 43.7 Å². The third-order valence-electron chi connectivity index (χ3n) is 7.17. The number of esters is 1. The summed E-state index contributed by atoms with van der Waals surface area (Å²) in [6.45, 7) is 6.39. The molecule has 0 fully saturated rings. The van der Waals surface area contributed by atoms with Gasteiger partial charge in [-0.3, -0.25) is 4.79 Å². The van der Waals surface area contributed by atoms with E-state index in [9.17, 15) is 4.79 Å². The Bertz CT molecular complexity index is 880. The van der Waals surface area contributed by atoms with Gasteiger partial charge in [0.15, 0.2) is 0 Å². The molecule has 0 aliphatic rings. The third kappa shape index (κ3) is 14.0. The molecule has 0 aromatic heterocycles. The van der Waals surface area contributed by atoms with E-state index in [1.807, 2.05) is 12.1 Å². The molecule has 0 N–H and O–H groups in total. The standard InChI is InChI=1S/C34H54NO3/c1-5-7-8-9-10-11-12-16-24-31-25-17-18-26-32(31)37-34(21-6-2)38-33(36)27-19-20-28-35(3,4)29-30-22-14-13-15-23-30/h13-15,17-18,22-23,25-26,34H,5-12,16,19-21,24,27-29H2,1-4H3/q+1. The van der Waals surface area contributed by atoms with E-state index in [1.54, 1.807) is 0 Å². The Morgan fingerprint density at radius 1 is 0.763 bits per heavy atom. The molecule has 1 atom stereocenters. The quantitative estimate of drug-likeness (QED) is 0.0708. The van der Waals surface area contributed by atoms with Crippen LogP contribution >= 0.6 is 0 Å². The van der Waals surface area contributed by atoms with Crippen molar-refractivity contribution in [1.82, 2.24) is 0 Å². The highest BCUT2D eigenvalue weighted by atomic mass is 16.7. The van der Waals surface area contributed by atoms with Gasteiger partial charge in [0.05, 0.1) is 20.6 Å². The predicted molar refractivity (Wildman–Crippen MR) is 159 cm³/mol. The fourth-order valence-electron chi connectivity index (χ4n) is 4.97. The minimum Gasteiger partial charge on any atom is -0.455 e. The summed E-state index contributed by atoms with van der Waals surface area (Å²) in [5.41, 5.74) is 2.56. The van der Waals surface area contributed by atoms with Crippen molar-refractivity contribution in [2.24, 2.45) is 0 Å². The van der Waals surface area contributed by atoms with Crippen LogP contribution in [-0.2, 0) is 22.5 Å². The molecule has 0 aliphatic heterocycles. The first-order chi connectivity index (χ1) is 18.4. The minimum absolute atomic E-state index is 0.155. The normalized spacial score (nSPS) is 12.3. The number of hydrogen-bond donors (Lipinski definition) is 0. The molecule has 0 amide bonds. The van der Waals surface area contributed by atoms with E-state index >= 15 is 0 Å². The van der Waals surface area contributed by atoms with Crippen LogP contribution in [0.5, 0.6) is 5.75 Å². The Morgan fingerprint density at radius 2 is 1.42 bits per heavy atom. The average molecular weight is 525 g/mol. The Balaban J connectivity index is 1.73. The fraction of sp³-hybridized carbons (Fsp3) is 0.618. The summed E-state index contributed by atoms with van der Waals surface area (Å²) in [7, 11) is 4.50. The fourth-order valence-corrected chi connectivity index (χ4v) is 4.97. The molecule has 0 saturated heterocycles. The highest BCUT2D eigenvalue weighted by molar-refractivity contribution is 5.69. The first-order valence-electron chi connectivity index (χ1n) is 15.2. The Kier molecular flexibility index (Phi) is 15.8. The third-order valence-corrected chi connectivity index (χ3v) is 7.17. The first kappa shape index (κ1) is 31.9. The Morgan fingerprint density at radius 3 is 2.13 bits per heavy atom. The van der Waals surface area contributed by atoms with Gasteiger partial charge in [-0.1, -0.05) is 107 Å². The lowest BCUT2D eigenvalue weighted by Crippen LogP contribution is -2.39. The molecular formula is C34H54NO3+. The summed E-state index contributed by atoms with van der Waals surface area (Å²) >= 11 is 0. The molecule has 0 radical (unpaired) electrons. The number of rotatable bonds is 21. The van der Waals surface area contributed by atoms with Gasteiger partial charge in [-0.15, -0.1) is 0 Å². The molecule has 0 aliphatic carbocycles. The largest absolute Gasteiger partial charge is 0.455 e. The molecule has 4 heteroatoms. The summed E-state index contributed by atoms with van der Waals surface area (Å²) in [5.74, 6) is 0.707. The van der Waals surface area contributed by atoms with Gasteiger partial charge in [-0.2, -0.15) is 0 Å². The molecule has 0 heterocycles. The van der Waals surface area contributed by atoms with Crippen LogP contribution in [-0.4, -0.2) is 37.4 Å². The van der Waals surface area contributed by atoms with Gasteiger partial charge >= 0.3 is 5.97 Å². The number of unbranched alkanes of at least 4 members (excludes halogenated alkanes) is 8. The molecule has 0 saturated carbocycles. The van der Waals surface area contributed by atoms with Crippen LogP contribution in [0.25, 0.3) is 0 Å². The highest BCUT2D eigenvalue weighted by Crippen LogP contribution is 2.24. The number of carbonyl (C=O) groups excluding carboxylic acids is 1. The smallest absolute Gasteiger partial charge is 0.308 e. The average Bonchev–Trinajstić information content (AvgIpc) is 2.89. The lowest BCUT2D eigenvalue weighted by molar-refractivity contribution is -0.903. The summed E-state index contributed by atoms with van der Waals surface area (Å²) in [5, 5.41) is 0. The Hall–Kier alpha value is -2.33. The number of nitrogens with zero attached hydrogens (tertiary/aromatic N) is 1. The van der Waals surface area contributed by atoms with Crippen LogP contribution in [0.1, 0.15) is 108 Å². The zero-order valence-electron chi connectivity index (χ0n) is 24.8. The van der Waals surface area contributed by atoms with Gasteiger partial charge in [-0.25, -0.2) is 0 Å². The SMILES string of the molecule is CCCCCCCCCCc1ccccc1OC(CCC)OC(=O)CCCC[N+](C)(C)Cc1ccccc1. The van der Waals surface area contributed by atoms with Crippen LogP contribution < -0.4 is 4.74 Å². The monoisotopic (exact) mass is 524 g/mol. The second-order valence-electron chi connectivity index (χ2n) is 11.4. The molecule has 0 bridgehead atoms. The molecule has 2 rings (SSSR count). The maximum absolute atomic E-state index is 12.6. The van der Waals surface area contributed by atoms with Crippen molar-refractivity contribution in [2.75, 3.05) is 20.6 Å². The number of ether oxygens (including phenoxy) is 2. The highest BCUT2D eigenvalue weighted by Gasteiger charge is 2.19. The molecule has 4 nitrogen and oxygen atoms in total. The molecule has 0 spiro atoms. The van der Waals surface area contributed by atoms with Gasteiger partial charge in [0.2, 0.25) is 6.29 Å². The van der Waals surface area contributed by atoms with Crippen molar-refractivity contribution in [3.05, 3.63) is 65.7 Å². The maximum atomic E-state index is 12.6. The van der Waals surface area contributed by atoms with Gasteiger partial charge in [0, 0.05) is 18.4 Å². The number of quaternary nitrogens is 1. The second kappa shape index (κ2) is 18.8. The second-order valence-corrected chi connectivity index (χ2v) is 11.4. The summed E-state index contributed by atoms with van der Waals surface area (Å²) in [4.78, 5) is 12.6. The summed E-state index contributed by atoms with van der Waals surface area (Å²) < 4.78 is 13.0. The van der Waals surface area contributed by atoms with E-state index in [0.29, 0.717) is 12.8 Å². The van der Waals surface area contributed by atoms with Crippen LogP contribution in [0.2, 0.25) is 0 Å². The first-order valence-corrected chi connectivity index (χ1v) is 15.2. The summed E-state index contributed by atoms with van der Waals surface area (Å²) in [6.07, 6.45) is 14.9. The number of benzene rings is 2. The molecule has 2 aromatic rings. The van der Waals surface area contributed by atoms with Crippen molar-refractivity contribution in [1.29, 1.82) is 0 Å². The Labute approximate surface area is 233 Å². The van der Waals surface area contributed by atoms with Gasteiger partial charge in [0.25, 0.3) is 0 Å². The zero-order valence-corrected chi connectivity index (χ0v) is 24.8. The molecular weight excluding hydrogens is 470 g/mol. The van der Waals surface area contributed by atoms with E-state index in [0.717, 1.165) is 49.0 Å². The van der Waals surface area contributed by atoms with Gasteiger partial charge < -0.3 is 14.0 Å². The zero-order chi connectivity index (χ0) is 27.5. The van der Waals surface area contributed by atoms with Crippen LogP contribution in [0, 0.1) is 0 Å². The number of carbonyl (C=O) groups is 1. The van der Waals surface area contributed by atoms with Crippen LogP contribution in [0.3, 0.4) is 0 Å². The van der Waals surface area contributed by atoms with E-state index in [4.69, 9.17) is 9.47 Å². The molecule has 212 valence electrons. The van der Waals surface area contributed by atoms with E-state index < -0.39 is 6.29 Å². The van der Waals surface area contributed by atoms with Crippen molar-refractivity contribution >= 4 is 5.97 Å². The lowest BCUT2D eigenvalue weighted by Gasteiger charge is -2.30. The van der Waals surface area contributed by atoms with Crippen LogP contribution in [0.4, 0.5) is 0 Å². The molecule has 1 unspecified atom stereocenters. The number of hydrogen-bond acceptors (Lipinski definition) is 3. The van der Waals surface area contributed by atoms with E-state index in [1.165, 1.54) is 62.5 Å². The van der Waals surface area contributed by atoms with E-state index in [-0.39, 0.29) is 5.97 Å². The van der Waals surface area contributed by atoms with Crippen LogP contribution in [0.15, 0.2) is 54.6 Å². The lowest BCUT2D eigenvalue weighted by atomic mass is 10.0. The topological polar surface area (TPSA) is 35.5 Å². The maximum Gasteiger partial charge on any atom is 0.308 e. The van der Waals surface area contributed by atoms with Crippen molar-refractivity contribution in [3.8, 4) is 5.75 Å². The molecule has 38 heavy (non-hydrogen) atoms. The number of para-hydroxylation sites is 1. The van der Waals surface area contributed by atoms with Crippen molar-refractivity contribution in [2.45, 2.75) is 117 Å². The van der Waals surface area contributed by atoms with Gasteiger partial charge in [0.1, 0.15) is 12.3 Å². The summed E-state index contributed by atoms with van der Waals surface area (Å²) in [6, 6.07) is 18.8. The van der Waals surface area contributed by atoms with Crippen molar-refractivity contribution in [3.63, 3.8) is 0 Å². The number of aryl methyl sites for hydroxylation is 1. The predicted octanol–water partition coefficient (Wildman–Crippen LogP) is 8.86.